The molecule has 0 aliphatic heterocycles. The molecule has 1 aromatic rings. The molecule has 0 bridgehead atoms. The quantitative estimate of drug-likeness (QED) is 0.749. The fourth-order valence-corrected chi connectivity index (χ4v) is 1.94. The fourth-order valence-electron chi connectivity index (χ4n) is 1.65. The Morgan fingerprint density at radius 2 is 2.12 bits per heavy atom. The average Bonchev–Trinajstić information content (AvgIpc) is 2.33. The van der Waals surface area contributed by atoms with Gasteiger partial charge in [-0.05, 0) is 38.0 Å². The number of carbonyl (C=O) groups excluding carboxylic acids is 1. The standard InChI is InChI=1S/C13H17Cl2NO/c1-3-16(8-4-7-14)13(17)12-9-11(15)6-5-10(12)2/h5-6,9H,3-4,7-8H2,1-2H3. The summed E-state index contributed by atoms with van der Waals surface area (Å²) in [5.74, 6) is 0.593. The molecule has 0 unspecified atom stereocenters. The first-order chi connectivity index (χ1) is 8.10. The van der Waals surface area contributed by atoms with Crippen LogP contribution in [0.4, 0.5) is 0 Å². The van der Waals surface area contributed by atoms with Crippen molar-refractivity contribution in [1.82, 2.24) is 4.90 Å². The van der Waals surface area contributed by atoms with E-state index in [9.17, 15) is 4.79 Å². The van der Waals surface area contributed by atoms with Crippen molar-refractivity contribution in [2.45, 2.75) is 20.3 Å². The van der Waals surface area contributed by atoms with E-state index in [2.05, 4.69) is 0 Å². The van der Waals surface area contributed by atoms with Crippen molar-refractivity contribution in [3.05, 3.63) is 34.3 Å². The summed E-state index contributed by atoms with van der Waals surface area (Å²) in [5, 5.41) is 0.590. The molecule has 0 saturated carbocycles. The Labute approximate surface area is 113 Å². The molecule has 0 aliphatic carbocycles. The lowest BCUT2D eigenvalue weighted by atomic mass is 10.1. The van der Waals surface area contributed by atoms with Crippen molar-refractivity contribution in [2.75, 3.05) is 19.0 Å². The second-order valence-electron chi connectivity index (χ2n) is 3.89. The topological polar surface area (TPSA) is 20.3 Å². The van der Waals surface area contributed by atoms with Crippen LogP contribution in [0.3, 0.4) is 0 Å². The summed E-state index contributed by atoms with van der Waals surface area (Å²) < 4.78 is 0. The zero-order chi connectivity index (χ0) is 12.8. The summed E-state index contributed by atoms with van der Waals surface area (Å²) in [4.78, 5) is 14.1. The predicted molar refractivity (Wildman–Crippen MR) is 73.1 cm³/mol. The Kier molecular flexibility index (Phi) is 5.79. The van der Waals surface area contributed by atoms with Gasteiger partial charge in [-0.3, -0.25) is 4.79 Å². The first-order valence-corrected chi connectivity index (χ1v) is 6.62. The van der Waals surface area contributed by atoms with Crippen molar-refractivity contribution in [3.8, 4) is 0 Å². The fraction of sp³-hybridized carbons (Fsp3) is 0.462. The van der Waals surface area contributed by atoms with E-state index in [-0.39, 0.29) is 5.91 Å². The van der Waals surface area contributed by atoms with Gasteiger partial charge < -0.3 is 4.90 Å². The van der Waals surface area contributed by atoms with E-state index in [1.165, 1.54) is 0 Å². The molecule has 17 heavy (non-hydrogen) atoms. The minimum atomic E-state index is 0.0256. The lowest BCUT2D eigenvalue weighted by molar-refractivity contribution is 0.0764. The first-order valence-electron chi connectivity index (χ1n) is 5.71. The number of carbonyl (C=O) groups is 1. The molecule has 0 aromatic heterocycles. The highest BCUT2D eigenvalue weighted by Gasteiger charge is 2.15. The van der Waals surface area contributed by atoms with E-state index < -0.39 is 0 Å². The van der Waals surface area contributed by atoms with Crippen LogP contribution in [0.2, 0.25) is 5.02 Å². The molecular weight excluding hydrogens is 257 g/mol. The van der Waals surface area contributed by atoms with Crippen LogP contribution in [0.5, 0.6) is 0 Å². The van der Waals surface area contributed by atoms with Gasteiger partial charge >= 0.3 is 0 Å². The summed E-state index contributed by atoms with van der Waals surface area (Å²) >= 11 is 11.6. The molecule has 0 aliphatic rings. The minimum absolute atomic E-state index is 0.0256. The lowest BCUT2D eigenvalue weighted by Gasteiger charge is -2.21. The molecule has 1 aromatic carbocycles. The molecule has 1 amide bonds. The molecule has 0 spiro atoms. The average molecular weight is 274 g/mol. The summed E-state index contributed by atoms with van der Waals surface area (Å²) in [6.45, 7) is 5.25. The molecule has 0 radical (unpaired) electrons. The number of nitrogens with zero attached hydrogens (tertiary/aromatic N) is 1. The minimum Gasteiger partial charge on any atom is -0.339 e. The largest absolute Gasteiger partial charge is 0.339 e. The Hall–Kier alpha value is -0.730. The van der Waals surface area contributed by atoms with Crippen LogP contribution in [-0.2, 0) is 0 Å². The van der Waals surface area contributed by atoms with E-state index in [1.807, 2.05) is 19.9 Å². The van der Waals surface area contributed by atoms with E-state index in [1.54, 1.807) is 17.0 Å². The van der Waals surface area contributed by atoms with Crippen LogP contribution in [0.1, 0.15) is 29.3 Å². The van der Waals surface area contributed by atoms with Crippen LogP contribution in [0, 0.1) is 6.92 Å². The Balaban J connectivity index is 2.89. The molecule has 0 heterocycles. The molecule has 2 nitrogen and oxygen atoms in total. The number of amides is 1. The van der Waals surface area contributed by atoms with Gasteiger partial charge in [0.25, 0.3) is 5.91 Å². The van der Waals surface area contributed by atoms with E-state index in [0.717, 1.165) is 12.0 Å². The molecule has 1 rings (SSSR count). The highest BCUT2D eigenvalue weighted by atomic mass is 35.5. The van der Waals surface area contributed by atoms with Crippen LogP contribution >= 0.6 is 23.2 Å². The second-order valence-corrected chi connectivity index (χ2v) is 4.70. The SMILES string of the molecule is CCN(CCCCl)C(=O)c1cc(Cl)ccc1C. The number of rotatable bonds is 5. The van der Waals surface area contributed by atoms with E-state index in [0.29, 0.717) is 29.6 Å². The maximum absolute atomic E-state index is 12.3. The van der Waals surface area contributed by atoms with Crippen LogP contribution in [-0.4, -0.2) is 29.8 Å². The summed E-state index contributed by atoms with van der Waals surface area (Å²) in [7, 11) is 0. The monoisotopic (exact) mass is 273 g/mol. The number of halogens is 2. The van der Waals surface area contributed by atoms with Gasteiger partial charge in [-0.1, -0.05) is 17.7 Å². The zero-order valence-electron chi connectivity index (χ0n) is 10.2. The van der Waals surface area contributed by atoms with Gasteiger partial charge in [-0.25, -0.2) is 0 Å². The van der Waals surface area contributed by atoms with Gasteiger partial charge in [-0.15, -0.1) is 11.6 Å². The van der Waals surface area contributed by atoms with Crippen molar-refractivity contribution in [1.29, 1.82) is 0 Å². The van der Waals surface area contributed by atoms with Gasteiger partial charge in [0.15, 0.2) is 0 Å². The highest BCUT2D eigenvalue weighted by Crippen LogP contribution is 2.17. The molecule has 0 atom stereocenters. The molecule has 0 saturated heterocycles. The van der Waals surface area contributed by atoms with Gasteiger partial charge in [0.2, 0.25) is 0 Å². The van der Waals surface area contributed by atoms with Gasteiger partial charge in [-0.2, -0.15) is 0 Å². The second kappa shape index (κ2) is 6.87. The lowest BCUT2D eigenvalue weighted by Crippen LogP contribution is -2.32. The van der Waals surface area contributed by atoms with Crippen molar-refractivity contribution in [3.63, 3.8) is 0 Å². The smallest absolute Gasteiger partial charge is 0.254 e. The predicted octanol–water partition coefficient (Wildman–Crippen LogP) is 3.74. The first kappa shape index (κ1) is 14.3. The van der Waals surface area contributed by atoms with Crippen LogP contribution in [0.25, 0.3) is 0 Å². The maximum Gasteiger partial charge on any atom is 0.254 e. The number of hydrogen-bond donors (Lipinski definition) is 0. The van der Waals surface area contributed by atoms with Gasteiger partial charge in [0.1, 0.15) is 0 Å². The van der Waals surface area contributed by atoms with Crippen molar-refractivity contribution < 1.29 is 4.79 Å². The number of hydrogen-bond acceptors (Lipinski definition) is 1. The van der Waals surface area contributed by atoms with Crippen LogP contribution in [0.15, 0.2) is 18.2 Å². The molecule has 94 valence electrons. The van der Waals surface area contributed by atoms with Gasteiger partial charge in [0, 0.05) is 29.6 Å². The summed E-state index contributed by atoms with van der Waals surface area (Å²) in [6, 6.07) is 5.39. The third kappa shape index (κ3) is 3.90. The summed E-state index contributed by atoms with van der Waals surface area (Å²) in [5.41, 5.74) is 1.62. The molecular formula is C13H17Cl2NO. The van der Waals surface area contributed by atoms with Crippen LogP contribution < -0.4 is 0 Å². The molecule has 4 heteroatoms. The Bertz CT molecular complexity index is 393. The third-order valence-electron chi connectivity index (χ3n) is 2.66. The van der Waals surface area contributed by atoms with Gasteiger partial charge in [0.05, 0.1) is 0 Å². The normalized spacial score (nSPS) is 10.4. The van der Waals surface area contributed by atoms with Crippen molar-refractivity contribution in [2.24, 2.45) is 0 Å². The summed E-state index contributed by atoms with van der Waals surface area (Å²) in [6.07, 6.45) is 0.806. The third-order valence-corrected chi connectivity index (χ3v) is 3.16. The molecule has 0 fully saturated rings. The number of aryl methyl sites for hydroxylation is 1. The van der Waals surface area contributed by atoms with Crippen molar-refractivity contribution >= 4 is 29.1 Å². The Morgan fingerprint density at radius 1 is 1.41 bits per heavy atom. The Morgan fingerprint density at radius 3 is 2.71 bits per heavy atom. The van der Waals surface area contributed by atoms with E-state index in [4.69, 9.17) is 23.2 Å². The number of alkyl halides is 1. The number of benzene rings is 1. The zero-order valence-corrected chi connectivity index (χ0v) is 11.7. The molecule has 0 N–H and O–H groups in total. The maximum atomic E-state index is 12.3. The highest BCUT2D eigenvalue weighted by molar-refractivity contribution is 6.31. The van der Waals surface area contributed by atoms with E-state index >= 15 is 0 Å².